The van der Waals surface area contributed by atoms with E-state index < -0.39 is 0 Å². The number of carbonyl (C=O) groups is 2. The van der Waals surface area contributed by atoms with Gasteiger partial charge in [0.1, 0.15) is 0 Å². The van der Waals surface area contributed by atoms with Gasteiger partial charge in [-0.3, -0.25) is 9.59 Å². The first-order valence-corrected chi connectivity index (χ1v) is 9.85. The number of aromatic nitrogens is 1. The number of likely N-dealkylation sites (N-methyl/N-ethyl adjacent to an activating group) is 1. The van der Waals surface area contributed by atoms with Crippen molar-refractivity contribution in [1.29, 1.82) is 0 Å². The van der Waals surface area contributed by atoms with E-state index in [1.54, 1.807) is 11.9 Å². The second-order valence-electron chi connectivity index (χ2n) is 7.69. The summed E-state index contributed by atoms with van der Waals surface area (Å²) in [5.74, 6) is 0.302. The van der Waals surface area contributed by atoms with Crippen LogP contribution in [0.15, 0.2) is 73.4 Å². The minimum Gasteiger partial charge on any atom is -0.361 e. The molecule has 150 valence electrons. The molecule has 0 aliphatic carbocycles. The average molecular weight is 389 g/mol. The van der Waals surface area contributed by atoms with E-state index in [-0.39, 0.29) is 25.1 Å². The summed E-state index contributed by atoms with van der Waals surface area (Å²) in [4.78, 5) is 32.0. The van der Waals surface area contributed by atoms with E-state index in [4.69, 9.17) is 0 Å². The van der Waals surface area contributed by atoms with Crippen molar-refractivity contribution in [3.8, 4) is 0 Å². The fourth-order valence-electron chi connectivity index (χ4n) is 4.27. The first-order chi connectivity index (χ1) is 14.1. The lowest BCUT2D eigenvalue weighted by molar-refractivity contribution is -0.125. The predicted molar refractivity (Wildman–Crippen MR) is 117 cm³/mol. The Labute approximate surface area is 172 Å². The predicted octanol–water partition coefficient (Wildman–Crippen LogP) is 3.91. The molecule has 2 aromatic carbocycles. The van der Waals surface area contributed by atoms with Crippen LogP contribution >= 0.6 is 0 Å². The number of hydrogen-bond acceptors (Lipinski definition) is 2. The van der Waals surface area contributed by atoms with Gasteiger partial charge in [-0.1, -0.05) is 36.9 Å². The smallest absolute Gasteiger partial charge is 0.253 e. The number of carbonyl (C=O) groups excluding carboxylic acids is 2. The zero-order valence-electron chi connectivity index (χ0n) is 16.5. The fourth-order valence-corrected chi connectivity index (χ4v) is 4.27. The Balaban J connectivity index is 0.00000256. The zero-order chi connectivity index (χ0) is 20.4. The first kappa shape index (κ1) is 19.0. The highest BCUT2D eigenvalue weighted by Crippen LogP contribution is 2.34. The molecule has 1 fully saturated rings. The highest BCUT2D eigenvalue weighted by Gasteiger charge is 2.37. The molecular formula is C24H27N3O2. The van der Waals surface area contributed by atoms with E-state index in [9.17, 15) is 9.59 Å². The molecule has 0 saturated carbocycles. The number of likely N-dealkylation sites (tertiary alicyclic amines) is 1. The van der Waals surface area contributed by atoms with Crippen LogP contribution in [0.5, 0.6) is 0 Å². The number of amides is 2. The van der Waals surface area contributed by atoms with Gasteiger partial charge in [0.25, 0.3) is 5.91 Å². The second-order valence-corrected chi connectivity index (χ2v) is 7.69. The van der Waals surface area contributed by atoms with Gasteiger partial charge in [0.2, 0.25) is 5.91 Å². The Morgan fingerprint density at radius 2 is 2.00 bits per heavy atom. The van der Waals surface area contributed by atoms with Crippen LogP contribution in [0.25, 0.3) is 10.9 Å². The first-order valence-electron chi connectivity index (χ1n) is 9.85. The number of nitrogens with one attached hydrogen (secondary N) is 1. The van der Waals surface area contributed by atoms with Crippen molar-refractivity contribution in [3.05, 3.63) is 84.6 Å². The summed E-state index contributed by atoms with van der Waals surface area (Å²) in [5, 5.41) is 1.03. The summed E-state index contributed by atoms with van der Waals surface area (Å²) in [5.41, 5.74) is 2.92. The number of hydrogen-bond donors (Lipinski definition) is 1. The number of nitrogens with zero attached hydrogens (tertiary/aromatic N) is 2. The zero-order valence-corrected chi connectivity index (χ0v) is 16.5. The van der Waals surface area contributed by atoms with Crippen molar-refractivity contribution in [2.24, 2.45) is 5.92 Å². The minimum absolute atomic E-state index is 0. The van der Waals surface area contributed by atoms with Crippen molar-refractivity contribution in [3.63, 3.8) is 0 Å². The molecule has 5 heteroatoms. The van der Waals surface area contributed by atoms with Crippen LogP contribution in [0.1, 0.15) is 23.3 Å². The van der Waals surface area contributed by atoms with Crippen molar-refractivity contribution in [2.75, 3.05) is 26.7 Å². The molecule has 1 aliphatic rings. The van der Waals surface area contributed by atoms with Crippen molar-refractivity contribution >= 4 is 22.7 Å². The van der Waals surface area contributed by atoms with Gasteiger partial charge in [-0.05, 0) is 35.9 Å². The van der Waals surface area contributed by atoms with Gasteiger partial charge in [0, 0.05) is 62.6 Å². The van der Waals surface area contributed by atoms with Crippen molar-refractivity contribution in [2.45, 2.75) is 5.92 Å². The third-order valence-corrected chi connectivity index (χ3v) is 5.82. The Hall–Kier alpha value is -3.34. The molecule has 29 heavy (non-hydrogen) atoms. The molecule has 1 aliphatic heterocycles. The van der Waals surface area contributed by atoms with Crippen LogP contribution < -0.4 is 0 Å². The van der Waals surface area contributed by atoms with Gasteiger partial charge in [-0.15, -0.1) is 0 Å². The summed E-state index contributed by atoms with van der Waals surface area (Å²) in [6.45, 7) is 5.44. The topological polar surface area (TPSA) is 56.4 Å². The molecule has 1 N–H and O–H groups in total. The largest absolute Gasteiger partial charge is 0.361 e. The molecule has 1 unspecified atom stereocenters. The van der Waals surface area contributed by atoms with Gasteiger partial charge in [0.05, 0.1) is 0 Å². The van der Waals surface area contributed by atoms with E-state index in [0.717, 1.165) is 10.9 Å². The Kier molecular flexibility index (Phi) is 5.21. The van der Waals surface area contributed by atoms with Gasteiger partial charge < -0.3 is 14.8 Å². The molecule has 0 spiro atoms. The summed E-state index contributed by atoms with van der Waals surface area (Å²) >= 11 is 0. The Morgan fingerprint density at radius 3 is 2.76 bits per heavy atom. The second kappa shape index (κ2) is 7.95. The monoisotopic (exact) mass is 389 g/mol. The van der Waals surface area contributed by atoms with Crippen LogP contribution in [0.4, 0.5) is 0 Å². The van der Waals surface area contributed by atoms with E-state index in [1.165, 1.54) is 11.6 Å². The number of rotatable bonds is 5. The highest BCUT2D eigenvalue weighted by molar-refractivity contribution is 5.98. The third kappa shape index (κ3) is 3.81. The Bertz CT molecular complexity index is 1050. The maximum Gasteiger partial charge on any atom is 0.253 e. The molecule has 0 radical (unpaired) electrons. The van der Waals surface area contributed by atoms with Crippen molar-refractivity contribution < 1.29 is 11.0 Å². The minimum atomic E-state index is -0.0977. The lowest BCUT2D eigenvalue weighted by Gasteiger charge is -2.24. The molecule has 2 heterocycles. The molecule has 2 amide bonds. The molecule has 1 aromatic heterocycles. The highest BCUT2D eigenvalue weighted by atomic mass is 16.2. The quantitative estimate of drug-likeness (QED) is 0.673. The van der Waals surface area contributed by atoms with Crippen LogP contribution in [-0.4, -0.2) is 53.3 Å². The molecule has 4 rings (SSSR count). The number of H-pyrrole nitrogens is 1. The maximum absolute atomic E-state index is 13.2. The number of fused-ring (bicyclic) bond motifs is 1. The lowest BCUT2D eigenvalue weighted by atomic mass is 9.88. The van der Waals surface area contributed by atoms with Crippen LogP contribution in [0.3, 0.4) is 0 Å². The molecule has 3 aromatic rings. The molecule has 5 nitrogen and oxygen atoms in total. The van der Waals surface area contributed by atoms with Crippen LogP contribution in [0.2, 0.25) is 0 Å². The van der Waals surface area contributed by atoms with E-state index >= 15 is 0 Å². The van der Waals surface area contributed by atoms with E-state index in [0.29, 0.717) is 25.2 Å². The molecule has 2 atom stereocenters. The summed E-state index contributed by atoms with van der Waals surface area (Å²) in [6.07, 6.45) is 3.21. The molecule has 1 saturated heterocycles. The van der Waals surface area contributed by atoms with Gasteiger partial charge in [-0.25, -0.2) is 0 Å². The Morgan fingerprint density at radius 1 is 1.21 bits per heavy atom. The average Bonchev–Trinajstić information content (AvgIpc) is 3.39. The lowest BCUT2D eigenvalue weighted by Crippen LogP contribution is -2.34. The summed E-state index contributed by atoms with van der Waals surface area (Å²) in [7, 11) is 1.79. The third-order valence-electron chi connectivity index (χ3n) is 5.82. The number of benzene rings is 2. The standard InChI is InChI=1S/C24H25N3O2.H2/c1-3-23(28)26(2)14-20-15-27(16-21(20)17-7-5-4-6-8-17)24(29)19-9-10-22-18(13-19)11-12-25-22;/h3-13,20-21,25H,1,14-16H2,2H3;1H/t20?,21-;/m1./s1. The van der Waals surface area contributed by atoms with Crippen molar-refractivity contribution in [1.82, 2.24) is 14.8 Å². The normalized spacial score (nSPS) is 18.7. The van der Waals surface area contributed by atoms with E-state index in [2.05, 4.69) is 23.7 Å². The molecular weight excluding hydrogens is 362 g/mol. The van der Waals surface area contributed by atoms with Gasteiger partial charge >= 0.3 is 0 Å². The van der Waals surface area contributed by atoms with Gasteiger partial charge in [0.15, 0.2) is 0 Å². The van der Waals surface area contributed by atoms with Gasteiger partial charge in [-0.2, -0.15) is 0 Å². The molecule has 0 bridgehead atoms. The van der Waals surface area contributed by atoms with Crippen LogP contribution in [-0.2, 0) is 4.79 Å². The SMILES string of the molecule is C=CC(=O)N(C)CC1CN(C(=O)c2ccc3[nH]ccc3c2)C[C@@H]1c1ccccc1.[HH]. The number of aromatic amines is 1. The van der Waals surface area contributed by atoms with E-state index in [1.807, 2.05) is 53.6 Å². The fraction of sp³-hybridized carbons (Fsp3) is 0.250. The maximum atomic E-state index is 13.2. The van der Waals surface area contributed by atoms with Crippen LogP contribution in [0, 0.1) is 5.92 Å². The summed E-state index contributed by atoms with van der Waals surface area (Å²) in [6, 6.07) is 18.0. The summed E-state index contributed by atoms with van der Waals surface area (Å²) < 4.78 is 0.